The molecule has 0 saturated carbocycles. The van der Waals surface area contributed by atoms with Gasteiger partial charge in [-0.2, -0.15) is 0 Å². The number of carbonyl (C=O) groups is 1. The third-order valence-electron chi connectivity index (χ3n) is 2.71. The molecule has 0 aliphatic heterocycles. The third kappa shape index (κ3) is 2.70. The van der Waals surface area contributed by atoms with Gasteiger partial charge < -0.3 is 16.0 Å². The van der Waals surface area contributed by atoms with Crippen molar-refractivity contribution in [3.63, 3.8) is 0 Å². The van der Waals surface area contributed by atoms with E-state index in [1.54, 1.807) is 0 Å². The number of H-pyrrole nitrogens is 1. The summed E-state index contributed by atoms with van der Waals surface area (Å²) in [6, 6.07) is 1.32. The van der Waals surface area contributed by atoms with E-state index in [-0.39, 0.29) is 11.0 Å². The molecule has 1 unspecified atom stereocenters. The van der Waals surface area contributed by atoms with Gasteiger partial charge in [-0.25, -0.2) is 0 Å². The highest BCUT2D eigenvalue weighted by atomic mass is 16.2. The van der Waals surface area contributed by atoms with Crippen LogP contribution in [-0.2, 0) is 0 Å². The van der Waals surface area contributed by atoms with Crippen LogP contribution in [0.4, 0.5) is 0 Å². The molecule has 1 aromatic rings. The van der Waals surface area contributed by atoms with E-state index in [1.807, 2.05) is 13.8 Å². The van der Waals surface area contributed by atoms with Gasteiger partial charge in [0.05, 0.1) is 0 Å². The summed E-state index contributed by atoms with van der Waals surface area (Å²) < 4.78 is 0. The number of rotatable bonds is 4. The first-order chi connectivity index (χ1) is 7.52. The van der Waals surface area contributed by atoms with Crippen LogP contribution in [0.15, 0.2) is 23.3 Å². The second-order valence-electron chi connectivity index (χ2n) is 3.99. The van der Waals surface area contributed by atoms with Crippen molar-refractivity contribution in [2.45, 2.75) is 25.8 Å². The maximum absolute atomic E-state index is 11.8. The predicted molar refractivity (Wildman–Crippen MR) is 62.3 cm³/mol. The van der Waals surface area contributed by atoms with Gasteiger partial charge >= 0.3 is 0 Å². The van der Waals surface area contributed by atoms with Gasteiger partial charge in [-0.1, -0.05) is 6.92 Å². The molecule has 5 nitrogen and oxygen atoms in total. The van der Waals surface area contributed by atoms with Crippen molar-refractivity contribution in [1.29, 1.82) is 0 Å². The molecule has 1 amide bonds. The summed E-state index contributed by atoms with van der Waals surface area (Å²) in [5, 5.41) is 2.77. The van der Waals surface area contributed by atoms with Crippen LogP contribution < -0.4 is 16.5 Å². The minimum atomic E-state index is -0.473. The number of amides is 1. The second kappa shape index (κ2) is 4.94. The van der Waals surface area contributed by atoms with Gasteiger partial charge in [0.25, 0.3) is 5.91 Å². The molecule has 16 heavy (non-hydrogen) atoms. The standard InChI is InChI=1S/C11H17N3O2/c1-3-11(2,7-12)14-10(16)8-6-13-5-4-9(8)15/h4-6H,3,7,12H2,1-2H3,(H,13,15)(H,14,16). The van der Waals surface area contributed by atoms with Crippen molar-refractivity contribution >= 4 is 5.91 Å². The van der Waals surface area contributed by atoms with Crippen LogP contribution in [0.2, 0.25) is 0 Å². The smallest absolute Gasteiger partial charge is 0.257 e. The lowest BCUT2D eigenvalue weighted by Crippen LogP contribution is -2.51. The zero-order valence-corrected chi connectivity index (χ0v) is 9.54. The Morgan fingerprint density at radius 3 is 2.81 bits per heavy atom. The van der Waals surface area contributed by atoms with E-state index in [4.69, 9.17) is 5.73 Å². The van der Waals surface area contributed by atoms with Gasteiger partial charge in [0.2, 0.25) is 0 Å². The van der Waals surface area contributed by atoms with Crippen molar-refractivity contribution in [2.75, 3.05) is 6.54 Å². The summed E-state index contributed by atoms with van der Waals surface area (Å²) in [5.74, 6) is -0.392. The second-order valence-corrected chi connectivity index (χ2v) is 3.99. The van der Waals surface area contributed by atoms with Crippen molar-refractivity contribution in [3.8, 4) is 0 Å². The Balaban J connectivity index is 2.89. The molecule has 0 aliphatic rings. The van der Waals surface area contributed by atoms with Crippen molar-refractivity contribution in [2.24, 2.45) is 5.73 Å². The Kier molecular flexibility index (Phi) is 3.84. The molecule has 0 radical (unpaired) electrons. The molecule has 1 rings (SSSR count). The first-order valence-corrected chi connectivity index (χ1v) is 5.22. The van der Waals surface area contributed by atoms with E-state index in [9.17, 15) is 9.59 Å². The number of aromatic amines is 1. The number of hydrogen-bond acceptors (Lipinski definition) is 3. The fourth-order valence-corrected chi connectivity index (χ4v) is 1.22. The lowest BCUT2D eigenvalue weighted by atomic mass is 9.99. The average molecular weight is 223 g/mol. The SMILES string of the molecule is CCC(C)(CN)NC(=O)c1c[nH]ccc1=O. The molecule has 5 heteroatoms. The zero-order valence-electron chi connectivity index (χ0n) is 9.54. The number of carbonyl (C=O) groups excluding carboxylic acids is 1. The summed E-state index contributed by atoms with van der Waals surface area (Å²) in [5.41, 5.74) is 4.92. The minimum Gasteiger partial charge on any atom is -0.367 e. The monoisotopic (exact) mass is 223 g/mol. The van der Waals surface area contributed by atoms with Crippen LogP contribution in [0, 0.1) is 0 Å². The molecule has 0 saturated heterocycles. The highest BCUT2D eigenvalue weighted by molar-refractivity contribution is 5.94. The number of hydrogen-bond donors (Lipinski definition) is 3. The minimum absolute atomic E-state index is 0.107. The third-order valence-corrected chi connectivity index (χ3v) is 2.71. The van der Waals surface area contributed by atoms with E-state index in [0.29, 0.717) is 13.0 Å². The summed E-state index contributed by atoms with van der Waals surface area (Å²) in [6.45, 7) is 4.12. The number of nitrogens with one attached hydrogen (secondary N) is 2. The Hall–Kier alpha value is -1.62. The molecule has 0 fully saturated rings. The normalized spacial score (nSPS) is 14.2. The van der Waals surface area contributed by atoms with E-state index in [1.165, 1.54) is 18.5 Å². The summed E-state index contributed by atoms with van der Waals surface area (Å²) in [4.78, 5) is 25.9. The lowest BCUT2D eigenvalue weighted by Gasteiger charge is -2.27. The Bertz CT molecular complexity index is 421. The molecule has 0 aromatic carbocycles. The van der Waals surface area contributed by atoms with Gasteiger partial charge in [0, 0.05) is 30.5 Å². The quantitative estimate of drug-likeness (QED) is 0.682. The first kappa shape index (κ1) is 12.4. The average Bonchev–Trinajstić information content (AvgIpc) is 2.29. The van der Waals surface area contributed by atoms with E-state index < -0.39 is 11.4 Å². The fraction of sp³-hybridized carbons (Fsp3) is 0.455. The maximum atomic E-state index is 11.8. The largest absolute Gasteiger partial charge is 0.367 e. The predicted octanol–water partition coefficient (Wildman–Crippen LogP) is 0.232. The summed E-state index contributed by atoms with van der Waals surface area (Å²) in [6.07, 6.45) is 3.59. The number of pyridine rings is 1. The molecule has 88 valence electrons. The Morgan fingerprint density at radius 1 is 1.62 bits per heavy atom. The zero-order chi connectivity index (χ0) is 12.2. The Labute approximate surface area is 94.1 Å². The summed E-state index contributed by atoms with van der Waals surface area (Å²) >= 11 is 0. The Morgan fingerprint density at radius 2 is 2.31 bits per heavy atom. The van der Waals surface area contributed by atoms with Crippen LogP contribution in [0.3, 0.4) is 0 Å². The molecular formula is C11H17N3O2. The number of nitrogens with two attached hydrogens (primary N) is 1. The van der Waals surface area contributed by atoms with Crippen molar-refractivity contribution in [1.82, 2.24) is 10.3 Å². The molecule has 0 aliphatic carbocycles. The highest BCUT2D eigenvalue weighted by Crippen LogP contribution is 2.07. The molecule has 1 atom stereocenters. The van der Waals surface area contributed by atoms with Crippen LogP contribution in [0.5, 0.6) is 0 Å². The van der Waals surface area contributed by atoms with Gasteiger partial charge in [-0.05, 0) is 13.3 Å². The van der Waals surface area contributed by atoms with Crippen molar-refractivity contribution in [3.05, 3.63) is 34.2 Å². The van der Waals surface area contributed by atoms with E-state index in [0.717, 1.165) is 0 Å². The summed E-state index contributed by atoms with van der Waals surface area (Å²) in [7, 11) is 0. The van der Waals surface area contributed by atoms with Crippen LogP contribution in [0.1, 0.15) is 30.6 Å². The fourth-order valence-electron chi connectivity index (χ4n) is 1.22. The number of aromatic nitrogens is 1. The van der Waals surface area contributed by atoms with Gasteiger partial charge in [-0.3, -0.25) is 9.59 Å². The first-order valence-electron chi connectivity index (χ1n) is 5.22. The molecule has 4 N–H and O–H groups in total. The molecule has 0 spiro atoms. The van der Waals surface area contributed by atoms with E-state index >= 15 is 0 Å². The highest BCUT2D eigenvalue weighted by Gasteiger charge is 2.23. The van der Waals surface area contributed by atoms with Crippen molar-refractivity contribution < 1.29 is 4.79 Å². The van der Waals surface area contributed by atoms with Gasteiger partial charge in [-0.15, -0.1) is 0 Å². The molecule has 1 heterocycles. The lowest BCUT2D eigenvalue weighted by molar-refractivity contribution is 0.0905. The molecular weight excluding hydrogens is 206 g/mol. The maximum Gasteiger partial charge on any atom is 0.257 e. The molecule has 1 aromatic heterocycles. The van der Waals surface area contributed by atoms with Gasteiger partial charge in [0.1, 0.15) is 5.56 Å². The van der Waals surface area contributed by atoms with Crippen LogP contribution in [-0.4, -0.2) is 23.0 Å². The van der Waals surface area contributed by atoms with Gasteiger partial charge in [0.15, 0.2) is 5.43 Å². The topological polar surface area (TPSA) is 88.0 Å². The van der Waals surface area contributed by atoms with E-state index in [2.05, 4.69) is 10.3 Å². The molecule has 0 bridgehead atoms. The van der Waals surface area contributed by atoms with Crippen LogP contribution >= 0.6 is 0 Å². The van der Waals surface area contributed by atoms with Crippen LogP contribution in [0.25, 0.3) is 0 Å².